The third-order valence-electron chi connectivity index (χ3n) is 4.25. The van der Waals surface area contributed by atoms with Crippen molar-refractivity contribution in [2.75, 3.05) is 44.7 Å². The third kappa shape index (κ3) is 3.06. The van der Waals surface area contributed by atoms with Gasteiger partial charge in [-0.05, 0) is 30.9 Å². The number of anilines is 1. The molecule has 4 heteroatoms. The highest BCUT2D eigenvalue weighted by atomic mass is 15.3. The smallest absolute Gasteiger partial charge is 0.193 e. The van der Waals surface area contributed by atoms with E-state index < -0.39 is 0 Å². The highest BCUT2D eigenvalue weighted by Gasteiger charge is 2.21. The number of piperidine rings is 1. The topological polar surface area (TPSA) is 30.9 Å². The second kappa shape index (κ2) is 6.16. The maximum absolute atomic E-state index is 4.50. The van der Waals surface area contributed by atoms with Gasteiger partial charge in [0.2, 0.25) is 0 Å². The average molecular weight is 272 g/mol. The molecular weight excluding hydrogens is 248 g/mol. The van der Waals surface area contributed by atoms with Crippen LogP contribution in [0.5, 0.6) is 0 Å². The first-order chi connectivity index (χ1) is 9.83. The van der Waals surface area contributed by atoms with Gasteiger partial charge in [-0.3, -0.25) is 4.99 Å². The van der Waals surface area contributed by atoms with E-state index in [-0.39, 0.29) is 0 Å². The van der Waals surface area contributed by atoms with Crippen molar-refractivity contribution in [2.45, 2.75) is 12.8 Å². The van der Waals surface area contributed by atoms with Crippen LogP contribution in [0.1, 0.15) is 12.8 Å². The molecule has 0 aromatic heterocycles. The first kappa shape index (κ1) is 13.3. The van der Waals surface area contributed by atoms with Gasteiger partial charge >= 0.3 is 0 Å². The molecule has 4 nitrogen and oxygen atoms in total. The number of benzene rings is 1. The molecule has 2 heterocycles. The number of nitrogens with one attached hydrogen (secondary N) is 1. The monoisotopic (exact) mass is 272 g/mol. The Bertz CT molecular complexity index is 457. The minimum atomic E-state index is 0.709. The van der Waals surface area contributed by atoms with Gasteiger partial charge in [0.1, 0.15) is 0 Å². The summed E-state index contributed by atoms with van der Waals surface area (Å²) in [6.07, 6.45) is 2.59. The zero-order valence-corrected chi connectivity index (χ0v) is 12.3. The lowest BCUT2D eigenvalue weighted by molar-refractivity contribution is 0.404. The fourth-order valence-electron chi connectivity index (χ4n) is 3.06. The quantitative estimate of drug-likeness (QED) is 0.910. The van der Waals surface area contributed by atoms with Crippen molar-refractivity contribution >= 4 is 11.6 Å². The second-order valence-electron chi connectivity index (χ2n) is 5.80. The van der Waals surface area contributed by atoms with Crippen LogP contribution in [0.15, 0.2) is 35.3 Å². The van der Waals surface area contributed by atoms with Crippen LogP contribution in [0.2, 0.25) is 0 Å². The number of para-hydroxylation sites is 1. The van der Waals surface area contributed by atoms with Gasteiger partial charge in [-0.15, -0.1) is 0 Å². The Hall–Kier alpha value is -1.71. The molecule has 1 atom stereocenters. The van der Waals surface area contributed by atoms with E-state index >= 15 is 0 Å². The molecule has 0 aliphatic carbocycles. The number of hydrogen-bond donors (Lipinski definition) is 1. The Morgan fingerprint density at radius 3 is 2.85 bits per heavy atom. The number of likely N-dealkylation sites (N-methyl/N-ethyl adjacent to an activating group) is 1. The van der Waals surface area contributed by atoms with Gasteiger partial charge in [0.15, 0.2) is 5.96 Å². The molecule has 20 heavy (non-hydrogen) atoms. The summed E-state index contributed by atoms with van der Waals surface area (Å²) in [7, 11) is 2.11. The highest BCUT2D eigenvalue weighted by Crippen LogP contribution is 2.22. The molecule has 0 spiro atoms. The molecule has 1 N–H and O–H groups in total. The van der Waals surface area contributed by atoms with Crippen LogP contribution >= 0.6 is 0 Å². The molecule has 0 bridgehead atoms. The lowest BCUT2D eigenvalue weighted by atomic mass is 9.97. The van der Waals surface area contributed by atoms with E-state index in [9.17, 15) is 0 Å². The summed E-state index contributed by atoms with van der Waals surface area (Å²) in [5, 5.41) is 3.52. The van der Waals surface area contributed by atoms with Crippen molar-refractivity contribution < 1.29 is 0 Å². The molecule has 1 aromatic rings. The first-order valence-corrected chi connectivity index (χ1v) is 7.62. The molecule has 2 aliphatic rings. The standard InChI is InChI=1S/C16H24N4/c1-19-11-9-17-16(19)18-12-14-6-5-10-20(13-14)15-7-3-2-4-8-15/h2-4,7-8,14H,5-6,9-13H2,1H3,(H,17,18). The lowest BCUT2D eigenvalue weighted by Crippen LogP contribution is -2.43. The zero-order valence-electron chi connectivity index (χ0n) is 12.3. The Labute approximate surface area is 121 Å². The SMILES string of the molecule is CN1CCN=C1NCC1CCCN(c2ccccc2)C1. The Kier molecular flexibility index (Phi) is 4.09. The summed E-state index contributed by atoms with van der Waals surface area (Å²) in [6.45, 7) is 5.34. The van der Waals surface area contributed by atoms with Crippen LogP contribution in [0.25, 0.3) is 0 Å². The predicted molar refractivity (Wildman–Crippen MR) is 84.3 cm³/mol. The van der Waals surface area contributed by atoms with Crippen LogP contribution in [0.3, 0.4) is 0 Å². The average Bonchev–Trinajstić information content (AvgIpc) is 2.92. The lowest BCUT2D eigenvalue weighted by Gasteiger charge is -2.35. The fourth-order valence-corrected chi connectivity index (χ4v) is 3.06. The summed E-state index contributed by atoms with van der Waals surface area (Å²) in [5.41, 5.74) is 1.35. The van der Waals surface area contributed by atoms with E-state index in [2.05, 4.69) is 57.5 Å². The first-order valence-electron chi connectivity index (χ1n) is 7.62. The summed E-state index contributed by atoms with van der Waals surface area (Å²) in [5.74, 6) is 1.78. The normalized spacial score (nSPS) is 22.9. The molecule has 3 rings (SSSR count). The van der Waals surface area contributed by atoms with Gasteiger partial charge in [0, 0.05) is 38.9 Å². The minimum absolute atomic E-state index is 0.709. The Morgan fingerprint density at radius 2 is 2.10 bits per heavy atom. The number of rotatable bonds is 3. The van der Waals surface area contributed by atoms with Gasteiger partial charge in [-0.25, -0.2) is 0 Å². The van der Waals surface area contributed by atoms with Crippen molar-refractivity contribution in [3.63, 3.8) is 0 Å². The van der Waals surface area contributed by atoms with E-state index in [1.54, 1.807) is 0 Å². The molecular formula is C16H24N4. The molecule has 1 aromatic carbocycles. The van der Waals surface area contributed by atoms with Crippen LogP contribution in [-0.4, -0.2) is 50.6 Å². The minimum Gasteiger partial charge on any atom is -0.371 e. The van der Waals surface area contributed by atoms with Crippen molar-refractivity contribution in [3.8, 4) is 0 Å². The fraction of sp³-hybridized carbons (Fsp3) is 0.562. The van der Waals surface area contributed by atoms with Crippen molar-refractivity contribution in [2.24, 2.45) is 10.9 Å². The zero-order chi connectivity index (χ0) is 13.8. The molecule has 0 saturated carbocycles. The summed E-state index contributed by atoms with van der Waals surface area (Å²) in [4.78, 5) is 9.21. The third-order valence-corrected chi connectivity index (χ3v) is 4.25. The largest absolute Gasteiger partial charge is 0.371 e. The van der Waals surface area contributed by atoms with Crippen molar-refractivity contribution in [1.29, 1.82) is 0 Å². The van der Waals surface area contributed by atoms with Gasteiger partial charge in [-0.2, -0.15) is 0 Å². The van der Waals surface area contributed by atoms with Crippen molar-refractivity contribution in [1.82, 2.24) is 10.2 Å². The van der Waals surface area contributed by atoms with E-state index in [0.29, 0.717) is 5.92 Å². The van der Waals surface area contributed by atoms with Crippen molar-refractivity contribution in [3.05, 3.63) is 30.3 Å². The highest BCUT2D eigenvalue weighted by molar-refractivity contribution is 5.81. The molecule has 2 aliphatic heterocycles. The number of hydrogen-bond acceptors (Lipinski definition) is 4. The van der Waals surface area contributed by atoms with Gasteiger partial charge < -0.3 is 15.1 Å². The molecule has 0 radical (unpaired) electrons. The Morgan fingerprint density at radius 1 is 1.25 bits per heavy atom. The number of guanidine groups is 1. The van der Waals surface area contributed by atoms with Crippen LogP contribution in [0, 0.1) is 5.92 Å². The van der Waals surface area contributed by atoms with Crippen LogP contribution in [-0.2, 0) is 0 Å². The van der Waals surface area contributed by atoms with Gasteiger partial charge in [-0.1, -0.05) is 18.2 Å². The molecule has 1 fully saturated rings. The summed E-state index contributed by atoms with van der Waals surface area (Å²) in [6, 6.07) is 10.8. The maximum Gasteiger partial charge on any atom is 0.193 e. The molecule has 1 saturated heterocycles. The van der Waals surface area contributed by atoms with E-state index in [4.69, 9.17) is 0 Å². The van der Waals surface area contributed by atoms with E-state index in [1.807, 2.05) is 0 Å². The second-order valence-corrected chi connectivity index (χ2v) is 5.80. The van der Waals surface area contributed by atoms with E-state index in [1.165, 1.54) is 25.1 Å². The van der Waals surface area contributed by atoms with Gasteiger partial charge in [0.25, 0.3) is 0 Å². The Balaban J connectivity index is 1.53. The molecule has 108 valence electrons. The van der Waals surface area contributed by atoms with Gasteiger partial charge in [0.05, 0.1) is 6.54 Å². The number of aliphatic imine (C=N–C) groups is 1. The van der Waals surface area contributed by atoms with Crippen LogP contribution < -0.4 is 10.2 Å². The summed E-state index contributed by atoms with van der Waals surface area (Å²) < 4.78 is 0. The van der Waals surface area contributed by atoms with E-state index in [0.717, 1.165) is 32.1 Å². The maximum atomic E-state index is 4.50. The molecule has 0 amide bonds. The molecule has 1 unspecified atom stereocenters. The van der Waals surface area contributed by atoms with Crippen LogP contribution in [0.4, 0.5) is 5.69 Å². The number of nitrogens with zero attached hydrogens (tertiary/aromatic N) is 3. The predicted octanol–water partition coefficient (Wildman–Crippen LogP) is 1.79. The summed E-state index contributed by atoms with van der Waals surface area (Å²) >= 11 is 0.